The molecular weight excluding hydrogens is 425 g/mol. The van der Waals surface area contributed by atoms with Gasteiger partial charge in [0, 0.05) is 5.56 Å². The van der Waals surface area contributed by atoms with E-state index in [1.165, 1.54) is 35.4 Å². The van der Waals surface area contributed by atoms with Crippen molar-refractivity contribution in [1.29, 1.82) is 0 Å². The Hall–Kier alpha value is -3.87. The molecule has 0 aliphatic carbocycles. The molecule has 0 saturated carbocycles. The monoisotopic (exact) mass is 449 g/mol. The quantitative estimate of drug-likeness (QED) is 0.221. The summed E-state index contributed by atoms with van der Waals surface area (Å²) in [7, 11) is 0. The number of carbonyl (C=O) groups excluding carboxylic acids is 2. The number of nitrogens with zero attached hydrogens (tertiary/aromatic N) is 1. The summed E-state index contributed by atoms with van der Waals surface area (Å²) in [6.45, 7) is 2.61. The predicted molar refractivity (Wildman–Crippen MR) is 120 cm³/mol. The van der Waals surface area contributed by atoms with Gasteiger partial charge >= 0.3 is 0 Å². The summed E-state index contributed by atoms with van der Waals surface area (Å²) in [5.74, 6) is -1.31. The van der Waals surface area contributed by atoms with Crippen LogP contribution in [0.2, 0.25) is 0 Å². The molecule has 0 spiro atoms. The van der Waals surface area contributed by atoms with Crippen LogP contribution in [0.5, 0.6) is 5.75 Å². The summed E-state index contributed by atoms with van der Waals surface area (Å²) in [6.07, 6.45) is 3.35. The molecule has 1 unspecified atom stereocenters. The largest absolute Gasteiger partial charge is 0.507 e. The minimum atomic E-state index is -0.902. The Morgan fingerprint density at radius 3 is 2.61 bits per heavy atom. The van der Waals surface area contributed by atoms with Gasteiger partial charge in [-0.2, -0.15) is 0 Å². The lowest BCUT2D eigenvalue weighted by Gasteiger charge is -2.24. The van der Waals surface area contributed by atoms with E-state index >= 15 is 0 Å². The summed E-state index contributed by atoms with van der Waals surface area (Å²) < 4.78 is 24.7. The average Bonchev–Trinajstić information content (AvgIpc) is 3.42. The first-order chi connectivity index (χ1) is 16.0. The highest BCUT2D eigenvalue weighted by molar-refractivity contribution is 6.46. The number of amides is 1. The first kappa shape index (κ1) is 22.3. The SMILES string of the molecule is CCCCOc1cccc(/C(O)=C2\C(=O)C(=O)N(Cc3ccco3)C2c2ccc(F)cc2)c1. The zero-order chi connectivity index (χ0) is 23.4. The second kappa shape index (κ2) is 9.73. The van der Waals surface area contributed by atoms with Gasteiger partial charge in [0.05, 0.1) is 31.0 Å². The van der Waals surface area contributed by atoms with Crippen LogP contribution in [0, 0.1) is 5.82 Å². The highest BCUT2D eigenvalue weighted by Crippen LogP contribution is 2.40. The minimum absolute atomic E-state index is 0.0244. The second-order valence-electron chi connectivity index (χ2n) is 7.79. The van der Waals surface area contributed by atoms with Crippen LogP contribution in [0.1, 0.15) is 42.7 Å². The number of hydrogen-bond acceptors (Lipinski definition) is 5. The maximum Gasteiger partial charge on any atom is 0.296 e. The molecule has 0 bridgehead atoms. The van der Waals surface area contributed by atoms with Crippen molar-refractivity contribution in [1.82, 2.24) is 4.90 Å². The van der Waals surface area contributed by atoms with Gasteiger partial charge in [0.25, 0.3) is 11.7 Å². The van der Waals surface area contributed by atoms with Crippen LogP contribution in [0.25, 0.3) is 5.76 Å². The van der Waals surface area contributed by atoms with Crippen molar-refractivity contribution < 1.29 is 28.2 Å². The lowest BCUT2D eigenvalue weighted by atomic mass is 9.95. The molecule has 33 heavy (non-hydrogen) atoms. The van der Waals surface area contributed by atoms with Gasteiger partial charge in [-0.15, -0.1) is 0 Å². The van der Waals surface area contributed by atoms with E-state index in [9.17, 15) is 19.1 Å². The van der Waals surface area contributed by atoms with E-state index in [-0.39, 0.29) is 17.9 Å². The zero-order valence-electron chi connectivity index (χ0n) is 18.2. The van der Waals surface area contributed by atoms with Crippen LogP contribution in [0.3, 0.4) is 0 Å². The van der Waals surface area contributed by atoms with Crippen molar-refractivity contribution in [2.24, 2.45) is 0 Å². The third-order valence-electron chi connectivity index (χ3n) is 5.51. The van der Waals surface area contributed by atoms with Crippen LogP contribution < -0.4 is 4.74 Å². The first-order valence-corrected chi connectivity index (χ1v) is 10.8. The molecule has 3 aromatic rings. The van der Waals surface area contributed by atoms with Gasteiger partial charge in [0.2, 0.25) is 0 Å². The molecule has 0 radical (unpaired) electrons. The number of Topliss-reactive ketones (excluding diaryl/α,β-unsaturated/α-hetero) is 1. The molecule has 170 valence electrons. The summed E-state index contributed by atoms with van der Waals surface area (Å²) in [6, 6.07) is 14.7. The summed E-state index contributed by atoms with van der Waals surface area (Å²) in [5.41, 5.74) is 0.787. The zero-order valence-corrected chi connectivity index (χ0v) is 18.2. The number of benzene rings is 2. The maximum atomic E-state index is 13.6. The molecular formula is C26H24FNO5. The number of ketones is 1. The second-order valence-corrected chi connectivity index (χ2v) is 7.79. The Labute approximate surface area is 190 Å². The van der Waals surface area contributed by atoms with Crippen molar-refractivity contribution in [2.45, 2.75) is 32.4 Å². The summed E-state index contributed by atoms with van der Waals surface area (Å²) >= 11 is 0. The molecule has 1 amide bonds. The number of hydrogen-bond donors (Lipinski definition) is 1. The van der Waals surface area contributed by atoms with Gasteiger partial charge in [-0.1, -0.05) is 37.6 Å². The van der Waals surface area contributed by atoms with Crippen LogP contribution >= 0.6 is 0 Å². The van der Waals surface area contributed by atoms with Crippen LogP contribution in [-0.4, -0.2) is 28.3 Å². The Morgan fingerprint density at radius 2 is 1.91 bits per heavy atom. The van der Waals surface area contributed by atoms with E-state index in [1.54, 1.807) is 36.4 Å². The number of halogens is 1. The molecule has 1 saturated heterocycles. The third-order valence-corrected chi connectivity index (χ3v) is 5.51. The van der Waals surface area contributed by atoms with Crippen LogP contribution in [0.15, 0.2) is 76.9 Å². The molecule has 1 aliphatic rings. The number of furan rings is 1. The van der Waals surface area contributed by atoms with Crippen molar-refractivity contribution in [2.75, 3.05) is 6.61 Å². The molecule has 4 rings (SSSR count). The topological polar surface area (TPSA) is 80.0 Å². The van der Waals surface area contributed by atoms with Gasteiger partial charge in [0.15, 0.2) is 0 Å². The van der Waals surface area contributed by atoms with E-state index in [0.29, 0.717) is 29.2 Å². The summed E-state index contributed by atoms with van der Waals surface area (Å²) in [4.78, 5) is 27.3. The van der Waals surface area contributed by atoms with Crippen LogP contribution in [-0.2, 0) is 16.1 Å². The minimum Gasteiger partial charge on any atom is -0.507 e. The number of rotatable bonds is 8. The van der Waals surface area contributed by atoms with E-state index in [2.05, 4.69) is 6.92 Å². The van der Waals surface area contributed by atoms with Gasteiger partial charge in [-0.25, -0.2) is 4.39 Å². The number of aliphatic hydroxyl groups is 1. The summed E-state index contributed by atoms with van der Waals surface area (Å²) in [5, 5.41) is 11.2. The fourth-order valence-electron chi connectivity index (χ4n) is 3.83. The molecule has 2 heterocycles. The molecule has 1 atom stereocenters. The van der Waals surface area contributed by atoms with Crippen molar-refractivity contribution in [3.8, 4) is 5.75 Å². The highest BCUT2D eigenvalue weighted by atomic mass is 19.1. The maximum absolute atomic E-state index is 13.6. The predicted octanol–water partition coefficient (Wildman–Crippen LogP) is 5.22. The first-order valence-electron chi connectivity index (χ1n) is 10.8. The molecule has 6 nitrogen and oxygen atoms in total. The lowest BCUT2D eigenvalue weighted by molar-refractivity contribution is -0.140. The molecule has 1 N–H and O–H groups in total. The average molecular weight is 449 g/mol. The van der Waals surface area contributed by atoms with Gasteiger partial charge in [0.1, 0.15) is 23.1 Å². The fourth-order valence-corrected chi connectivity index (χ4v) is 3.83. The Bertz CT molecular complexity index is 1170. The van der Waals surface area contributed by atoms with Gasteiger partial charge in [-0.3, -0.25) is 9.59 Å². The van der Waals surface area contributed by atoms with Crippen molar-refractivity contribution >= 4 is 17.4 Å². The van der Waals surface area contributed by atoms with E-state index in [4.69, 9.17) is 9.15 Å². The molecule has 1 aliphatic heterocycles. The van der Waals surface area contributed by atoms with E-state index < -0.39 is 23.5 Å². The van der Waals surface area contributed by atoms with Crippen molar-refractivity contribution in [3.63, 3.8) is 0 Å². The number of carbonyl (C=O) groups is 2. The Kier molecular flexibility index (Phi) is 6.58. The number of unbranched alkanes of at least 4 members (excludes halogenated alkanes) is 1. The Balaban J connectivity index is 1.78. The third kappa shape index (κ3) is 4.67. The molecule has 1 fully saturated rings. The molecule has 2 aromatic carbocycles. The van der Waals surface area contributed by atoms with Gasteiger partial charge < -0.3 is 19.2 Å². The smallest absolute Gasteiger partial charge is 0.296 e. The van der Waals surface area contributed by atoms with Crippen molar-refractivity contribution in [3.05, 3.63) is 95.2 Å². The Morgan fingerprint density at radius 1 is 1.12 bits per heavy atom. The lowest BCUT2D eigenvalue weighted by Crippen LogP contribution is -2.29. The fraction of sp³-hybridized carbons (Fsp3) is 0.231. The van der Waals surface area contributed by atoms with E-state index in [0.717, 1.165) is 12.8 Å². The number of likely N-dealkylation sites (tertiary alicyclic amines) is 1. The van der Waals surface area contributed by atoms with E-state index in [1.807, 2.05) is 0 Å². The highest BCUT2D eigenvalue weighted by Gasteiger charge is 2.46. The normalized spacial score (nSPS) is 17.5. The number of aliphatic hydroxyl groups excluding tert-OH is 1. The molecule has 1 aromatic heterocycles. The molecule has 7 heteroatoms. The standard InChI is InChI=1S/C26H24FNO5/c1-2-3-13-32-20-7-4-6-18(15-20)24(29)22-23(17-9-11-19(27)12-10-17)28(26(31)25(22)30)16-21-8-5-14-33-21/h4-12,14-15,23,29H,2-3,13,16H2,1H3/b24-22+. The van der Waals surface area contributed by atoms with Crippen LogP contribution in [0.4, 0.5) is 4.39 Å². The number of ether oxygens (including phenoxy) is 1. The van der Waals surface area contributed by atoms with Gasteiger partial charge in [-0.05, 0) is 48.4 Å².